The first-order chi connectivity index (χ1) is 4.74. The van der Waals surface area contributed by atoms with E-state index in [0.29, 0.717) is 5.41 Å². The molecule has 0 heterocycles. The van der Waals surface area contributed by atoms with E-state index < -0.39 is 0 Å². The summed E-state index contributed by atoms with van der Waals surface area (Å²) in [6.45, 7) is 2.31. The number of halogens is 1. The number of hydrogen-bond donors (Lipinski definition) is 0. The van der Waals surface area contributed by atoms with E-state index in [-0.39, 0.29) is 0 Å². The number of alkyl halides is 1. The van der Waals surface area contributed by atoms with E-state index >= 15 is 0 Å². The van der Waals surface area contributed by atoms with Crippen molar-refractivity contribution in [2.24, 2.45) is 17.3 Å². The van der Waals surface area contributed by atoms with Crippen molar-refractivity contribution >= 4 is 11.6 Å². The molecule has 1 heteroatoms. The summed E-state index contributed by atoms with van der Waals surface area (Å²) in [6, 6.07) is 0. The summed E-state index contributed by atoms with van der Waals surface area (Å²) in [4.78, 5) is 0. The van der Waals surface area contributed by atoms with Crippen molar-refractivity contribution < 1.29 is 0 Å². The van der Waals surface area contributed by atoms with Crippen LogP contribution in [0.5, 0.6) is 0 Å². The minimum Gasteiger partial charge on any atom is -0.126 e. The Morgan fingerprint density at radius 1 is 1.60 bits per heavy atom. The lowest BCUT2D eigenvalue weighted by Crippen LogP contribution is -2.23. The Labute approximate surface area is 67.3 Å². The Bertz CT molecular complexity index is 174. The van der Waals surface area contributed by atoms with Gasteiger partial charge in [-0.3, -0.25) is 0 Å². The third-order valence-corrected chi connectivity index (χ3v) is 3.71. The second-order valence-corrected chi connectivity index (χ2v) is 4.25. The summed E-state index contributed by atoms with van der Waals surface area (Å²) in [5, 5.41) is 0. The van der Waals surface area contributed by atoms with Gasteiger partial charge in [-0.2, -0.15) is 0 Å². The first-order valence-corrected chi connectivity index (χ1v) is 4.52. The summed E-state index contributed by atoms with van der Waals surface area (Å²) >= 11 is 5.91. The quantitative estimate of drug-likeness (QED) is 0.405. The summed E-state index contributed by atoms with van der Waals surface area (Å²) < 4.78 is 0. The Morgan fingerprint density at radius 3 is 2.70 bits per heavy atom. The molecule has 0 aromatic rings. The Balaban J connectivity index is 2.22. The van der Waals surface area contributed by atoms with E-state index in [1.807, 2.05) is 0 Å². The maximum absolute atomic E-state index is 5.91. The lowest BCUT2D eigenvalue weighted by atomic mass is 9.80. The molecule has 0 radical (unpaired) electrons. The summed E-state index contributed by atoms with van der Waals surface area (Å²) in [5.74, 6) is 2.47. The first-order valence-electron chi connectivity index (χ1n) is 3.99. The van der Waals surface area contributed by atoms with Crippen LogP contribution >= 0.6 is 11.6 Å². The van der Waals surface area contributed by atoms with Gasteiger partial charge in [0, 0.05) is 5.88 Å². The number of fused-ring (bicyclic) bond motifs is 2. The highest BCUT2D eigenvalue weighted by Gasteiger charge is 2.43. The highest BCUT2D eigenvalue weighted by atomic mass is 35.5. The number of hydrogen-bond acceptors (Lipinski definition) is 0. The summed E-state index contributed by atoms with van der Waals surface area (Å²) in [5.41, 5.74) is 0.432. The Kier molecular flexibility index (Phi) is 1.35. The van der Waals surface area contributed by atoms with Gasteiger partial charge in [0.25, 0.3) is 0 Å². The molecule has 0 aromatic heterocycles. The van der Waals surface area contributed by atoms with Crippen LogP contribution in [0.4, 0.5) is 0 Å². The molecule has 2 bridgehead atoms. The van der Waals surface area contributed by atoms with Gasteiger partial charge in [-0.1, -0.05) is 19.1 Å². The van der Waals surface area contributed by atoms with Crippen LogP contribution in [0.1, 0.15) is 19.8 Å². The molecule has 1 saturated carbocycles. The molecule has 0 aliphatic heterocycles. The molecular formula is C9H13Cl. The van der Waals surface area contributed by atoms with Gasteiger partial charge in [0.1, 0.15) is 0 Å². The zero-order valence-electron chi connectivity index (χ0n) is 6.31. The third-order valence-electron chi connectivity index (χ3n) is 3.10. The molecule has 1 fully saturated rings. The minimum atomic E-state index is 0.432. The zero-order chi connectivity index (χ0) is 7.19. The van der Waals surface area contributed by atoms with Crippen molar-refractivity contribution in [1.82, 2.24) is 0 Å². The van der Waals surface area contributed by atoms with Gasteiger partial charge in [0.15, 0.2) is 0 Å². The predicted octanol–water partition coefficient (Wildman–Crippen LogP) is 2.83. The molecule has 0 amide bonds. The predicted molar refractivity (Wildman–Crippen MR) is 44.2 cm³/mol. The summed E-state index contributed by atoms with van der Waals surface area (Å²) in [6.07, 6.45) is 7.40. The molecule has 56 valence electrons. The van der Waals surface area contributed by atoms with Crippen LogP contribution in [-0.4, -0.2) is 5.88 Å². The largest absolute Gasteiger partial charge is 0.126 e. The maximum atomic E-state index is 5.91. The van der Waals surface area contributed by atoms with E-state index in [1.165, 1.54) is 12.8 Å². The van der Waals surface area contributed by atoms with Crippen LogP contribution in [-0.2, 0) is 0 Å². The van der Waals surface area contributed by atoms with Gasteiger partial charge < -0.3 is 0 Å². The van der Waals surface area contributed by atoms with E-state index in [9.17, 15) is 0 Å². The normalized spacial score (nSPS) is 50.6. The van der Waals surface area contributed by atoms with Gasteiger partial charge in [-0.15, -0.1) is 11.6 Å². The van der Waals surface area contributed by atoms with Crippen molar-refractivity contribution in [3.63, 3.8) is 0 Å². The van der Waals surface area contributed by atoms with Gasteiger partial charge in [0.05, 0.1) is 0 Å². The molecule has 0 unspecified atom stereocenters. The lowest BCUT2D eigenvalue weighted by molar-refractivity contribution is 0.305. The smallest absolute Gasteiger partial charge is 0.0283 e. The molecular weight excluding hydrogens is 144 g/mol. The standard InChI is InChI=1S/C9H13Cl/c1-9(6-10)5-7-2-3-8(9)4-7/h2-3,7-8H,4-6H2,1H3/t7-,8+,9+/m0/s1. The fourth-order valence-electron chi connectivity index (χ4n) is 2.35. The van der Waals surface area contributed by atoms with Crippen LogP contribution in [0, 0.1) is 17.3 Å². The summed E-state index contributed by atoms with van der Waals surface area (Å²) in [7, 11) is 0. The van der Waals surface area contributed by atoms with Crippen LogP contribution in [0.15, 0.2) is 12.2 Å². The van der Waals surface area contributed by atoms with Gasteiger partial charge in [-0.05, 0) is 30.1 Å². The third kappa shape index (κ3) is 0.748. The Morgan fingerprint density at radius 2 is 2.40 bits per heavy atom. The van der Waals surface area contributed by atoms with Gasteiger partial charge in [-0.25, -0.2) is 0 Å². The van der Waals surface area contributed by atoms with Crippen molar-refractivity contribution in [2.45, 2.75) is 19.8 Å². The topological polar surface area (TPSA) is 0 Å². The van der Waals surface area contributed by atoms with Crippen LogP contribution in [0.25, 0.3) is 0 Å². The van der Waals surface area contributed by atoms with Crippen LogP contribution in [0.2, 0.25) is 0 Å². The molecule has 2 aliphatic carbocycles. The molecule has 10 heavy (non-hydrogen) atoms. The fraction of sp³-hybridized carbons (Fsp3) is 0.778. The lowest BCUT2D eigenvalue weighted by Gasteiger charge is -2.28. The molecule has 2 aliphatic rings. The molecule has 0 spiro atoms. The molecule has 0 N–H and O–H groups in total. The molecule has 0 aromatic carbocycles. The maximum Gasteiger partial charge on any atom is 0.0283 e. The highest BCUT2D eigenvalue weighted by molar-refractivity contribution is 6.18. The number of rotatable bonds is 1. The second-order valence-electron chi connectivity index (χ2n) is 3.98. The van der Waals surface area contributed by atoms with Crippen molar-refractivity contribution in [3.8, 4) is 0 Å². The average molecular weight is 157 g/mol. The Hall–Kier alpha value is 0.0300. The second kappa shape index (κ2) is 2.01. The number of allylic oxidation sites excluding steroid dienone is 2. The van der Waals surface area contributed by atoms with Gasteiger partial charge >= 0.3 is 0 Å². The van der Waals surface area contributed by atoms with Gasteiger partial charge in [0.2, 0.25) is 0 Å². The van der Waals surface area contributed by atoms with E-state index in [0.717, 1.165) is 17.7 Å². The molecule has 0 saturated heterocycles. The average Bonchev–Trinajstić information content (AvgIpc) is 2.46. The molecule has 3 atom stereocenters. The van der Waals surface area contributed by atoms with E-state index in [4.69, 9.17) is 11.6 Å². The van der Waals surface area contributed by atoms with Crippen LogP contribution in [0.3, 0.4) is 0 Å². The van der Waals surface area contributed by atoms with Crippen LogP contribution < -0.4 is 0 Å². The zero-order valence-corrected chi connectivity index (χ0v) is 7.06. The fourth-order valence-corrected chi connectivity index (χ4v) is 2.65. The molecule has 0 nitrogen and oxygen atoms in total. The van der Waals surface area contributed by atoms with Crippen molar-refractivity contribution in [3.05, 3.63) is 12.2 Å². The van der Waals surface area contributed by atoms with E-state index in [1.54, 1.807) is 0 Å². The molecule has 2 rings (SSSR count). The monoisotopic (exact) mass is 156 g/mol. The van der Waals surface area contributed by atoms with Crippen molar-refractivity contribution in [1.29, 1.82) is 0 Å². The SMILES string of the molecule is C[C@]1(CCl)C[C@H]2C=C[C@@H]1C2. The van der Waals surface area contributed by atoms with Crippen molar-refractivity contribution in [2.75, 3.05) is 5.88 Å². The van der Waals surface area contributed by atoms with E-state index in [2.05, 4.69) is 19.1 Å². The highest BCUT2D eigenvalue weighted by Crippen LogP contribution is 2.52. The minimum absolute atomic E-state index is 0.432. The first kappa shape index (κ1) is 6.72.